The standard InChI is InChI=1S/C26H28ClFN6O3S.C26H29FN6O3S.C24H22ClN5O4S2.5H2/c1-18(34-12-2-3-19-17-20(27)4-9-23(19)34)26(35)33-15-13-32(14-16-33)21-5-7-22(8-6-21)38(36,37)31-25-11-10-24(28)29-30-25;1-19(33-12-2-3-20-17-21(27)4-9-24(20)33)26(34)32-15-13-31(14-16-32)22-5-7-23(8-6-22)37(35,36)30-25-18-28-10-11-29-25;1-16(29-9-7-17-5-6-18(25)13-21(17)29)23(32)28-10-11-30(22(31)15-28)19-3-2-4-20(14-19)36(33,34)27-24-26-8-12-35-24;;;;;/h4-11,17-18H,2-3,12-16H2,1H3,(H,30,31);4-11,17-19H,2-3,12-16H2,1H3,(H,29,30);2-9,12-14,16H,10-11,15H2,1H3,(H,26,27);5*1H/t18-;19-;16-;;;;;/m110...../s1. The number of aryl methyl sites for hydroxylation is 2. The molecule has 27 nitrogen and oxygen atoms in total. The lowest BCUT2D eigenvalue weighted by atomic mass is 9.99. The molecule has 4 aromatic heterocycles. The molecule has 10 aromatic rings. The van der Waals surface area contributed by atoms with E-state index in [2.05, 4.69) is 58.9 Å². The lowest BCUT2D eigenvalue weighted by Crippen LogP contribution is -2.55. The zero-order valence-electron chi connectivity index (χ0n) is 60.6. The molecule has 0 unspecified atom stereocenters. The van der Waals surface area contributed by atoms with E-state index in [0.29, 0.717) is 74.6 Å². The molecule has 5 aliphatic rings. The second-order valence-corrected chi connectivity index (χ2v) is 33.8. The summed E-state index contributed by atoms with van der Waals surface area (Å²) in [5.41, 5.74) is 7.21. The Morgan fingerprint density at radius 3 is 1.64 bits per heavy atom. The zero-order chi connectivity index (χ0) is 78.3. The van der Waals surface area contributed by atoms with Gasteiger partial charge < -0.3 is 43.8 Å². The Kier molecular flexibility index (Phi) is 24.0. The highest BCUT2D eigenvalue weighted by molar-refractivity contribution is 7.93. The van der Waals surface area contributed by atoms with Gasteiger partial charge in [0.25, 0.3) is 30.1 Å². The first-order chi connectivity index (χ1) is 53.2. The van der Waals surface area contributed by atoms with E-state index in [1.54, 1.807) is 79.0 Å². The van der Waals surface area contributed by atoms with Gasteiger partial charge in [-0.2, -0.15) is 4.39 Å². The molecule has 0 radical (unpaired) electrons. The van der Waals surface area contributed by atoms with Crippen molar-refractivity contribution in [3.05, 3.63) is 215 Å². The minimum Gasteiger partial charge on any atom is -0.368 e. The fourth-order valence-electron chi connectivity index (χ4n) is 14.2. The molecule has 9 heterocycles. The van der Waals surface area contributed by atoms with Crippen LogP contribution in [-0.4, -0.2) is 190 Å². The molecule has 3 saturated heterocycles. The first-order valence-electron chi connectivity index (χ1n) is 35.8. The summed E-state index contributed by atoms with van der Waals surface area (Å²) in [6.45, 7) is 12.6. The summed E-state index contributed by atoms with van der Waals surface area (Å²) in [4.78, 5) is 80.3. The monoisotopic (exact) mass is 1640 g/mol. The van der Waals surface area contributed by atoms with Gasteiger partial charge >= 0.3 is 0 Å². The first-order valence-corrected chi connectivity index (χ1v) is 41.9. The molecular weight excluding hydrogens is 1550 g/mol. The van der Waals surface area contributed by atoms with Crippen molar-refractivity contribution in [1.29, 1.82) is 0 Å². The van der Waals surface area contributed by atoms with Crippen molar-refractivity contribution >= 4 is 144 Å². The average Bonchev–Trinajstić information content (AvgIpc) is 1.17. The summed E-state index contributed by atoms with van der Waals surface area (Å²) in [5.74, 6) is -1.26. The van der Waals surface area contributed by atoms with E-state index in [1.165, 1.54) is 87.9 Å². The number of sulfonamides is 3. The minimum atomic E-state index is -3.90. The van der Waals surface area contributed by atoms with Crippen molar-refractivity contribution in [3.8, 4) is 0 Å². The molecule has 4 amide bonds. The number of nitrogens with one attached hydrogen (secondary N) is 3. The van der Waals surface area contributed by atoms with Crippen LogP contribution >= 0.6 is 34.5 Å². The predicted molar refractivity (Wildman–Crippen MR) is 435 cm³/mol. The lowest BCUT2D eigenvalue weighted by Gasteiger charge is -2.41. The average molecular weight is 1640 g/mol. The van der Waals surface area contributed by atoms with Gasteiger partial charge in [0, 0.05) is 154 Å². The van der Waals surface area contributed by atoms with Crippen molar-refractivity contribution in [2.75, 3.05) is 124 Å². The summed E-state index contributed by atoms with van der Waals surface area (Å²) < 4.78 is 112. The van der Waals surface area contributed by atoms with Crippen LogP contribution in [0.5, 0.6) is 0 Å². The van der Waals surface area contributed by atoms with Crippen molar-refractivity contribution < 1.29 is 60.3 Å². The maximum Gasteiger partial charge on any atom is 0.263 e. The molecule has 0 aliphatic carbocycles. The van der Waals surface area contributed by atoms with Crippen LogP contribution in [0.2, 0.25) is 10.0 Å². The van der Waals surface area contributed by atoms with E-state index in [9.17, 15) is 53.2 Å². The minimum absolute atomic E-state index is 0. The Hall–Kier alpha value is -10.6. The van der Waals surface area contributed by atoms with Crippen LogP contribution in [0, 0.1) is 11.8 Å². The zero-order valence-corrected chi connectivity index (χ0v) is 65.3. The van der Waals surface area contributed by atoms with Crippen LogP contribution in [0.15, 0.2) is 197 Å². The van der Waals surface area contributed by atoms with Gasteiger partial charge in [0.1, 0.15) is 30.5 Å². The first kappa shape index (κ1) is 78.5. The number of carbonyl (C=O) groups is 4. The highest BCUT2D eigenvalue weighted by atomic mass is 35.5. The summed E-state index contributed by atoms with van der Waals surface area (Å²) in [5, 5.41) is 10.9. The van der Waals surface area contributed by atoms with E-state index >= 15 is 0 Å². The number of thiazole rings is 1. The van der Waals surface area contributed by atoms with Gasteiger partial charge in [0.15, 0.2) is 16.8 Å². The number of hydrogen-bond donors (Lipinski definition) is 3. The summed E-state index contributed by atoms with van der Waals surface area (Å²) in [7, 11) is -11.5. The molecule has 0 spiro atoms. The van der Waals surface area contributed by atoms with Crippen LogP contribution < -0.4 is 38.7 Å². The number of benzene rings is 6. The third-order valence-electron chi connectivity index (χ3n) is 20.0. The molecular formula is C76H89Cl2F2N17O10S4. The van der Waals surface area contributed by atoms with E-state index < -0.39 is 42.1 Å². The predicted octanol–water partition coefficient (Wildman–Crippen LogP) is 11.7. The van der Waals surface area contributed by atoms with Gasteiger partial charge in [0.2, 0.25) is 29.6 Å². The van der Waals surface area contributed by atoms with Crippen LogP contribution in [0.1, 0.15) is 57.9 Å². The maximum atomic E-state index is 13.7. The molecule has 3 N–H and O–H groups in total. The lowest BCUT2D eigenvalue weighted by molar-refractivity contribution is -0.139. The van der Waals surface area contributed by atoms with Crippen molar-refractivity contribution in [3.63, 3.8) is 0 Å². The number of amides is 4. The SMILES string of the molecule is C[C@@H](C(=O)N1CCN(c2cccc(S(=O)(=O)Nc3nccs3)c2)C(=O)C1)n1ccc2ccc(Cl)cc21.C[C@H](C(=O)N1CCN(c2ccc(S(=O)(=O)Nc3ccc(F)nn3)cc2)CC1)N1CCCc2cc(Cl)ccc21.C[C@H](C(=O)N1CCN(c2ccc(S(=O)(=O)Nc3cnccn3)cc2)CC1)N1CCCc2cc(F)ccc21.[HH].[HH].[HH].[HH].[HH]. The number of carbonyl (C=O) groups excluding carboxylic acids is 4. The second-order valence-electron chi connectivity index (χ2n) is 27.0. The Labute approximate surface area is 663 Å². The summed E-state index contributed by atoms with van der Waals surface area (Å²) in [6.07, 6.45) is 11.2. The van der Waals surface area contributed by atoms with Gasteiger partial charge in [-0.1, -0.05) is 35.3 Å². The second kappa shape index (κ2) is 34.0. The fourth-order valence-corrected chi connectivity index (χ4v) is 18.4. The third kappa shape index (κ3) is 18.4. The van der Waals surface area contributed by atoms with Gasteiger partial charge in [-0.05, 0) is 196 Å². The van der Waals surface area contributed by atoms with E-state index in [0.717, 1.165) is 84.1 Å². The van der Waals surface area contributed by atoms with Gasteiger partial charge in [-0.25, -0.2) is 39.6 Å². The van der Waals surface area contributed by atoms with Gasteiger partial charge in [-0.3, -0.25) is 38.3 Å². The largest absolute Gasteiger partial charge is 0.368 e. The van der Waals surface area contributed by atoms with Gasteiger partial charge in [0.05, 0.1) is 26.4 Å². The fraction of sp³-hybridized carbons (Fsp3) is 0.303. The smallest absolute Gasteiger partial charge is 0.263 e. The highest BCUT2D eigenvalue weighted by Gasteiger charge is 2.36. The number of nitrogens with zero attached hydrogens (tertiary/aromatic N) is 14. The molecule has 6 aromatic carbocycles. The van der Waals surface area contributed by atoms with E-state index in [-0.39, 0.29) is 93.2 Å². The van der Waals surface area contributed by atoms with Crippen LogP contribution in [0.4, 0.5) is 54.0 Å². The quantitative estimate of drug-likeness (QED) is 0.0719. The highest BCUT2D eigenvalue weighted by Crippen LogP contribution is 2.35. The number of piperazine rings is 3. The topological polar surface area (TPSA) is 302 Å². The number of hydrogen-bond acceptors (Lipinski definition) is 20. The molecule has 111 heavy (non-hydrogen) atoms. The molecule has 35 heteroatoms. The number of aromatic nitrogens is 6. The molecule has 15 rings (SSSR count). The Bertz CT molecular complexity index is 5410. The van der Waals surface area contributed by atoms with Gasteiger partial charge in [-0.15, -0.1) is 21.5 Å². The van der Waals surface area contributed by atoms with E-state index in [4.69, 9.17) is 23.2 Å². The van der Waals surface area contributed by atoms with Crippen LogP contribution in [0.25, 0.3) is 10.9 Å². The summed E-state index contributed by atoms with van der Waals surface area (Å²) >= 11 is 13.5. The molecule has 3 atom stereocenters. The van der Waals surface area contributed by atoms with Crippen molar-refractivity contribution in [2.45, 2.75) is 79.3 Å². The van der Waals surface area contributed by atoms with E-state index in [1.807, 2.05) is 70.8 Å². The molecule has 0 bridgehead atoms. The molecule has 5 aliphatic heterocycles. The Morgan fingerprint density at radius 1 is 0.514 bits per heavy atom. The maximum absolute atomic E-state index is 13.7. The van der Waals surface area contributed by atoms with Crippen LogP contribution in [-0.2, 0) is 62.1 Å². The normalized spacial score (nSPS) is 16.3. The number of anilines is 8. The number of fused-ring (bicyclic) bond motifs is 3. The molecule has 590 valence electrons. The third-order valence-corrected chi connectivity index (χ3v) is 25.4. The van der Waals surface area contributed by atoms with Crippen molar-refractivity contribution in [1.82, 2.24) is 44.4 Å². The Balaban J connectivity index is 0.000000213. The molecule has 3 fully saturated rings. The number of halogens is 4. The van der Waals surface area contributed by atoms with Crippen LogP contribution in [0.3, 0.4) is 0 Å². The van der Waals surface area contributed by atoms with Crippen molar-refractivity contribution in [2.24, 2.45) is 0 Å². The Morgan fingerprint density at radius 2 is 1.07 bits per heavy atom. The molecule has 0 saturated carbocycles. The number of rotatable bonds is 18. The summed E-state index contributed by atoms with van der Waals surface area (Å²) in [6, 6.07) is 38.5.